The average Bonchev–Trinajstić information content (AvgIpc) is 1.88. The molecule has 0 atom stereocenters. The first kappa shape index (κ1) is 11.4. The fraction of sp³-hybridized carbons (Fsp3) is 0. The summed E-state index contributed by atoms with van der Waals surface area (Å²) in [7, 11) is 0. The van der Waals surface area contributed by atoms with Crippen LogP contribution in [0.3, 0.4) is 0 Å². The zero-order valence-corrected chi connectivity index (χ0v) is 10.0. The topological polar surface area (TPSA) is 53.0 Å². The van der Waals surface area contributed by atoms with Gasteiger partial charge in [-0.1, -0.05) is 0 Å². The molecule has 11 heavy (non-hydrogen) atoms. The molecule has 0 aliphatic carbocycles. The molecule has 0 N–H and O–H groups in total. The van der Waals surface area contributed by atoms with Crippen LogP contribution >= 0.6 is 22.6 Å². The van der Waals surface area contributed by atoms with Crippen LogP contribution in [0.1, 0.15) is 10.5 Å². The fourth-order valence-corrected chi connectivity index (χ4v) is 0.972. The van der Waals surface area contributed by atoms with E-state index in [4.69, 9.17) is 0 Å². The maximum atomic E-state index is 10.2. The van der Waals surface area contributed by atoms with E-state index in [0.717, 1.165) is 3.57 Å². The van der Waals surface area contributed by atoms with Gasteiger partial charge in [0, 0.05) is 9.77 Å². The van der Waals surface area contributed by atoms with Crippen molar-refractivity contribution in [1.29, 1.82) is 0 Å². The van der Waals surface area contributed by atoms with Gasteiger partial charge in [0.25, 0.3) is 0 Å². The SMILES string of the molecule is O=C([O-])c1cc(I)ccn1.[Na+]. The predicted octanol–water partition coefficient (Wildman–Crippen LogP) is -2.95. The average molecular weight is 271 g/mol. The molecule has 0 aliphatic heterocycles. The first-order valence-electron chi connectivity index (χ1n) is 2.53. The van der Waals surface area contributed by atoms with Gasteiger partial charge >= 0.3 is 29.6 Å². The van der Waals surface area contributed by atoms with Gasteiger partial charge in [0.15, 0.2) is 0 Å². The van der Waals surface area contributed by atoms with Gasteiger partial charge in [0.05, 0.1) is 11.7 Å². The van der Waals surface area contributed by atoms with Crippen LogP contribution < -0.4 is 34.7 Å². The molecule has 3 nitrogen and oxygen atoms in total. The third-order valence-corrected chi connectivity index (χ3v) is 1.60. The van der Waals surface area contributed by atoms with Crippen molar-refractivity contribution in [1.82, 2.24) is 4.98 Å². The zero-order valence-electron chi connectivity index (χ0n) is 5.87. The van der Waals surface area contributed by atoms with Crippen LogP contribution in [0.4, 0.5) is 0 Å². The van der Waals surface area contributed by atoms with Crippen molar-refractivity contribution in [2.24, 2.45) is 0 Å². The third-order valence-electron chi connectivity index (χ3n) is 0.931. The fourth-order valence-electron chi connectivity index (χ4n) is 0.516. The van der Waals surface area contributed by atoms with E-state index in [9.17, 15) is 9.90 Å². The van der Waals surface area contributed by atoms with Crippen LogP contribution in [0.25, 0.3) is 0 Å². The number of carbonyl (C=O) groups excluding carboxylic acids is 1. The molecule has 0 radical (unpaired) electrons. The van der Waals surface area contributed by atoms with Crippen LogP contribution in [0.2, 0.25) is 0 Å². The number of nitrogens with zero attached hydrogens (tertiary/aromatic N) is 1. The van der Waals surface area contributed by atoms with Crippen molar-refractivity contribution >= 4 is 28.6 Å². The largest absolute Gasteiger partial charge is 1.00 e. The zero-order chi connectivity index (χ0) is 7.56. The number of aromatic carboxylic acids is 1. The van der Waals surface area contributed by atoms with E-state index in [-0.39, 0.29) is 35.3 Å². The number of hydrogen-bond donors (Lipinski definition) is 0. The van der Waals surface area contributed by atoms with Gasteiger partial charge in [-0.15, -0.1) is 0 Å². The van der Waals surface area contributed by atoms with Crippen molar-refractivity contribution in [3.8, 4) is 0 Å². The molecule has 0 aliphatic rings. The van der Waals surface area contributed by atoms with Crippen LogP contribution in [0, 0.1) is 3.57 Å². The number of aromatic nitrogens is 1. The molecular formula is C6H3INNaO2. The number of carbonyl (C=O) groups is 1. The molecule has 0 saturated heterocycles. The molecule has 1 heterocycles. The smallest absolute Gasteiger partial charge is 0.543 e. The van der Waals surface area contributed by atoms with Gasteiger partial charge < -0.3 is 9.90 Å². The molecule has 0 spiro atoms. The number of hydrogen-bond acceptors (Lipinski definition) is 3. The van der Waals surface area contributed by atoms with E-state index in [1.54, 1.807) is 6.07 Å². The molecule has 0 saturated carbocycles. The van der Waals surface area contributed by atoms with Gasteiger partial charge in [-0.3, -0.25) is 4.98 Å². The van der Waals surface area contributed by atoms with Crippen LogP contribution in [0.5, 0.6) is 0 Å². The van der Waals surface area contributed by atoms with E-state index in [1.165, 1.54) is 12.3 Å². The van der Waals surface area contributed by atoms with Gasteiger partial charge in [0.2, 0.25) is 0 Å². The summed E-state index contributed by atoms with van der Waals surface area (Å²) < 4.78 is 0.840. The van der Waals surface area contributed by atoms with Gasteiger partial charge in [-0.05, 0) is 34.7 Å². The minimum atomic E-state index is -1.24. The molecule has 52 valence electrons. The second-order valence-electron chi connectivity index (χ2n) is 1.65. The molecule has 0 fully saturated rings. The van der Waals surface area contributed by atoms with E-state index in [0.29, 0.717) is 0 Å². The van der Waals surface area contributed by atoms with Crippen molar-refractivity contribution in [3.63, 3.8) is 0 Å². The summed E-state index contributed by atoms with van der Waals surface area (Å²) in [5.74, 6) is -1.24. The summed E-state index contributed by atoms with van der Waals surface area (Å²) in [4.78, 5) is 13.7. The minimum absolute atomic E-state index is 0. The number of pyridine rings is 1. The Labute approximate surface area is 99.6 Å². The Hall–Kier alpha value is 0.350. The van der Waals surface area contributed by atoms with Gasteiger partial charge in [-0.25, -0.2) is 0 Å². The first-order chi connectivity index (χ1) is 4.70. The van der Waals surface area contributed by atoms with Crippen LogP contribution in [-0.2, 0) is 0 Å². The molecule has 1 rings (SSSR count). The van der Waals surface area contributed by atoms with Crippen molar-refractivity contribution in [2.75, 3.05) is 0 Å². The molecular weight excluding hydrogens is 268 g/mol. The second-order valence-corrected chi connectivity index (χ2v) is 2.89. The van der Waals surface area contributed by atoms with E-state index < -0.39 is 5.97 Å². The molecule has 1 aromatic rings. The molecule has 0 bridgehead atoms. The Balaban J connectivity index is 0.000001000. The Morgan fingerprint density at radius 2 is 2.27 bits per heavy atom. The molecule has 1 aromatic heterocycles. The minimum Gasteiger partial charge on any atom is -0.543 e. The number of carboxylic acids is 1. The Kier molecular flexibility index (Phi) is 5.24. The second kappa shape index (κ2) is 5.08. The monoisotopic (exact) mass is 271 g/mol. The summed E-state index contributed by atoms with van der Waals surface area (Å²) in [5, 5.41) is 10.2. The van der Waals surface area contributed by atoms with E-state index in [1.807, 2.05) is 22.6 Å². The Morgan fingerprint density at radius 3 is 2.64 bits per heavy atom. The van der Waals surface area contributed by atoms with E-state index >= 15 is 0 Å². The Bertz CT molecular complexity index is 267. The quantitative estimate of drug-likeness (QED) is 0.405. The number of rotatable bonds is 1. The standard InChI is InChI=1S/C6H4INO2.Na/c7-4-1-2-8-5(3-4)6(9)10;/h1-3H,(H,9,10);/q;+1/p-1. The van der Waals surface area contributed by atoms with Gasteiger partial charge in [0.1, 0.15) is 0 Å². The summed E-state index contributed by atoms with van der Waals surface area (Å²) in [5.41, 5.74) is -0.0214. The number of halogens is 1. The summed E-state index contributed by atoms with van der Waals surface area (Å²) in [6, 6.07) is 3.17. The van der Waals surface area contributed by atoms with Crippen molar-refractivity contribution < 1.29 is 39.5 Å². The molecule has 0 unspecified atom stereocenters. The third kappa shape index (κ3) is 3.50. The number of carboxylic acid groups (broad SMARTS) is 1. The van der Waals surface area contributed by atoms with Gasteiger partial charge in [-0.2, -0.15) is 0 Å². The molecule has 5 heteroatoms. The van der Waals surface area contributed by atoms with Crippen LogP contribution in [-0.4, -0.2) is 11.0 Å². The maximum Gasteiger partial charge on any atom is 1.00 e. The summed E-state index contributed by atoms with van der Waals surface area (Å²) in [6.45, 7) is 0. The molecule has 0 aromatic carbocycles. The van der Waals surface area contributed by atoms with Crippen molar-refractivity contribution in [3.05, 3.63) is 27.6 Å². The normalized spacial score (nSPS) is 8.45. The first-order valence-corrected chi connectivity index (χ1v) is 3.61. The Morgan fingerprint density at radius 1 is 1.64 bits per heavy atom. The predicted molar refractivity (Wildman–Crippen MR) is 41.3 cm³/mol. The maximum absolute atomic E-state index is 10.2. The summed E-state index contributed by atoms with van der Waals surface area (Å²) in [6.07, 6.45) is 1.44. The molecule has 0 amide bonds. The summed E-state index contributed by atoms with van der Waals surface area (Å²) >= 11 is 2.01. The van der Waals surface area contributed by atoms with Crippen molar-refractivity contribution in [2.45, 2.75) is 0 Å². The van der Waals surface area contributed by atoms with Crippen LogP contribution in [0.15, 0.2) is 18.3 Å². The van der Waals surface area contributed by atoms with E-state index in [2.05, 4.69) is 4.98 Å².